The summed E-state index contributed by atoms with van der Waals surface area (Å²) in [7, 11) is 0. The van der Waals surface area contributed by atoms with E-state index < -0.39 is 11.4 Å². The van der Waals surface area contributed by atoms with Gasteiger partial charge in [-0.25, -0.2) is 0 Å². The van der Waals surface area contributed by atoms with Crippen LogP contribution in [0, 0.1) is 0 Å². The lowest BCUT2D eigenvalue weighted by Gasteiger charge is -2.25. The lowest BCUT2D eigenvalue weighted by Crippen LogP contribution is -2.35. The molecule has 0 amide bonds. The van der Waals surface area contributed by atoms with Gasteiger partial charge in [0.15, 0.2) is 0 Å². The molecule has 2 rings (SSSR count). The van der Waals surface area contributed by atoms with Gasteiger partial charge in [-0.05, 0) is 30.7 Å². The average Bonchev–Trinajstić information content (AvgIpc) is 2.81. The minimum Gasteiger partial charge on any atom is -0.481 e. The average molecular weight is 265 g/mol. The second-order valence-electron chi connectivity index (χ2n) is 4.37. The molecule has 0 spiro atoms. The van der Waals surface area contributed by atoms with E-state index in [0.717, 1.165) is 0 Å². The van der Waals surface area contributed by atoms with Gasteiger partial charge in [-0.1, -0.05) is 29.8 Å². The molecule has 1 aromatic carbocycles. The van der Waals surface area contributed by atoms with E-state index in [-0.39, 0.29) is 6.42 Å². The fourth-order valence-corrected chi connectivity index (χ4v) is 2.30. The molecule has 0 aliphatic heterocycles. The second-order valence-corrected chi connectivity index (χ2v) is 4.78. The molecule has 1 heterocycles. The van der Waals surface area contributed by atoms with Gasteiger partial charge in [0.05, 0.1) is 11.7 Å². The Kier molecular flexibility index (Phi) is 3.43. The first-order chi connectivity index (χ1) is 8.54. The summed E-state index contributed by atoms with van der Waals surface area (Å²) in [6, 6.07) is 10.5. The number of aliphatic carboxylic acids is 1. The summed E-state index contributed by atoms with van der Waals surface area (Å²) in [6.07, 6.45) is 1.79. The Balaban J connectivity index is 2.45. The molecule has 1 N–H and O–H groups in total. The number of rotatable bonds is 4. The molecular formula is C14H13ClO3. The van der Waals surface area contributed by atoms with Crippen LogP contribution in [0.15, 0.2) is 47.1 Å². The second kappa shape index (κ2) is 4.86. The maximum atomic E-state index is 11.6. The Hall–Kier alpha value is -1.74. The molecule has 1 atom stereocenters. The quantitative estimate of drug-likeness (QED) is 0.919. The van der Waals surface area contributed by atoms with Gasteiger partial charge in [-0.15, -0.1) is 0 Å². The molecule has 1 unspecified atom stereocenters. The summed E-state index contributed by atoms with van der Waals surface area (Å²) in [5.74, 6) is -0.299. The van der Waals surface area contributed by atoms with E-state index in [9.17, 15) is 9.90 Å². The normalized spacial score (nSPS) is 14.1. The standard InChI is InChI=1S/C14H13ClO3/c1-14(13(16)17,9-10-5-4-8-18-10)11-6-2-3-7-12(11)15/h2-8H,9H2,1H3,(H,16,17). The van der Waals surface area contributed by atoms with Gasteiger partial charge < -0.3 is 9.52 Å². The van der Waals surface area contributed by atoms with E-state index in [2.05, 4.69) is 0 Å². The monoisotopic (exact) mass is 264 g/mol. The molecule has 0 saturated heterocycles. The maximum Gasteiger partial charge on any atom is 0.314 e. The first-order valence-electron chi connectivity index (χ1n) is 5.55. The van der Waals surface area contributed by atoms with Crippen molar-refractivity contribution in [3.63, 3.8) is 0 Å². The van der Waals surface area contributed by atoms with Crippen LogP contribution in [0.3, 0.4) is 0 Å². The van der Waals surface area contributed by atoms with Crippen molar-refractivity contribution in [1.82, 2.24) is 0 Å². The minimum absolute atomic E-state index is 0.263. The summed E-state index contributed by atoms with van der Waals surface area (Å²) in [4.78, 5) is 11.6. The van der Waals surface area contributed by atoms with Gasteiger partial charge in [0.1, 0.15) is 5.76 Å². The van der Waals surface area contributed by atoms with Crippen LogP contribution in [-0.2, 0) is 16.6 Å². The molecule has 0 aliphatic carbocycles. The van der Waals surface area contributed by atoms with Gasteiger partial charge in [0.25, 0.3) is 0 Å². The summed E-state index contributed by atoms with van der Waals surface area (Å²) in [6.45, 7) is 1.65. The molecule has 3 nitrogen and oxygen atoms in total. The minimum atomic E-state index is -1.10. The number of carbonyl (C=O) groups is 1. The van der Waals surface area contributed by atoms with Gasteiger partial charge in [-0.2, -0.15) is 0 Å². The molecule has 0 fully saturated rings. The van der Waals surface area contributed by atoms with Crippen molar-refractivity contribution in [3.05, 3.63) is 59.0 Å². The Labute approximate surface area is 110 Å². The maximum absolute atomic E-state index is 11.6. The van der Waals surface area contributed by atoms with Crippen molar-refractivity contribution < 1.29 is 14.3 Å². The van der Waals surface area contributed by atoms with Crippen LogP contribution < -0.4 is 0 Å². The molecule has 1 aromatic heterocycles. The molecule has 18 heavy (non-hydrogen) atoms. The summed E-state index contributed by atoms with van der Waals surface area (Å²) < 4.78 is 5.23. The Morgan fingerprint density at radius 2 is 2.06 bits per heavy atom. The third kappa shape index (κ3) is 2.27. The Bertz CT molecular complexity index is 548. The van der Waals surface area contributed by atoms with E-state index in [0.29, 0.717) is 16.3 Å². The predicted molar refractivity (Wildman–Crippen MR) is 68.9 cm³/mol. The topological polar surface area (TPSA) is 50.4 Å². The highest BCUT2D eigenvalue weighted by atomic mass is 35.5. The molecule has 4 heteroatoms. The Morgan fingerprint density at radius 3 is 2.61 bits per heavy atom. The molecule has 0 saturated carbocycles. The Morgan fingerprint density at radius 1 is 1.33 bits per heavy atom. The lowest BCUT2D eigenvalue weighted by molar-refractivity contribution is -0.143. The van der Waals surface area contributed by atoms with Crippen LogP contribution in [0.25, 0.3) is 0 Å². The van der Waals surface area contributed by atoms with E-state index in [1.54, 1.807) is 43.3 Å². The molecule has 94 valence electrons. The summed E-state index contributed by atoms with van der Waals surface area (Å²) in [5.41, 5.74) is -0.508. The van der Waals surface area contributed by atoms with Crippen LogP contribution in [0.4, 0.5) is 0 Å². The SMILES string of the molecule is CC(Cc1ccco1)(C(=O)O)c1ccccc1Cl. The van der Waals surface area contributed by atoms with Gasteiger partial charge in [0.2, 0.25) is 0 Å². The molecule has 0 radical (unpaired) electrons. The van der Waals surface area contributed by atoms with Crippen LogP contribution in [0.2, 0.25) is 5.02 Å². The van der Waals surface area contributed by atoms with Crippen molar-refractivity contribution >= 4 is 17.6 Å². The molecule has 0 bridgehead atoms. The number of hydrogen-bond donors (Lipinski definition) is 1. The highest BCUT2D eigenvalue weighted by molar-refractivity contribution is 6.31. The molecule has 2 aromatic rings. The number of halogens is 1. The number of furan rings is 1. The molecular weight excluding hydrogens is 252 g/mol. The first-order valence-corrected chi connectivity index (χ1v) is 5.92. The van der Waals surface area contributed by atoms with Crippen molar-refractivity contribution in [1.29, 1.82) is 0 Å². The van der Waals surface area contributed by atoms with Crippen LogP contribution in [0.1, 0.15) is 18.2 Å². The van der Waals surface area contributed by atoms with Crippen LogP contribution in [-0.4, -0.2) is 11.1 Å². The van der Waals surface area contributed by atoms with E-state index in [1.165, 1.54) is 6.26 Å². The third-order valence-corrected chi connectivity index (χ3v) is 3.38. The van der Waals surface area contributed by atoms with E-state index >= 15 is 0 Å². The van der Waals surface area contributed by atoms with Gasteiger partial charge in [0, 0.05) is 11.4 Å². The van der Waals surface area contributed by atoms with Crippen LogP contribution in [0.5, 0.6) is 0 Å². The first kappa shape index (κ1) is 12.7. The smallest absolute Gasteiger partial charge is 0.314 e. The number of hydrogen-bond acceptors (Lipinski definition) is 2. The third-order valence-electron chi connectivity index (χ3n) is 3.05. The van der Waals surface area contributed by atoms with Crippen molar-refractivity contribution in [2.75, 3.05) is 0 Å². The highest BCUT2D eigenvalue weighted by Crippen LogP contribution is 2.33. The number of carboxylic acids is 1. The van der Waals surface area contributed by atoms with Gasteiger partial charge in [-0.3, -0.25) is 4.79 Å². The largest absolute Gasteiger partial charge is 0.481 e. The molecule has 0 aliphatic rings. The fourth-order valence-electron chi connectivity index (χ4n) is 1.96. The zero-order valence-electron chi connectivity index (χ0n) is 9.89. The van der Waals surface area contributed by atoms with Crippen molar-refractivity contribution in [3.8, 4) is 0 Å². The number of benzene rings is 1. The summed E-state index contributed by atoms with van der Waals surface area (Å²) >= 11 is 6.10. The van der Waals surface area contributed by atoms with Gasteiger partial charge >= 0.3 is 5.97 Å². The van der Waals surface area contributed by atoms with Crippen molar-refractivity contribution in [2.45, 2.75) is 18.8 Å². The number of carboxylic acid groups (broad SMARTS) is 1. The van der Waals surface area contributed by atoms with E-state index in [1.807, 2.05) is 0 Å². The predicted octanol–water partition coefficient (Wildman–Crippen LogP) is 3.52. The lowest BCUT2D eigenvalue weighted by atomic mass is 9.79. The fraction of sp³-hybridized carbons (Fsp3) is 0.214. The van der Waals surface area contributed by atoms with E-state index in [4.69, 9.17) is 16.0 Å². The zero-order valence-corrected chi connectivity index (χ0v) is 10.6. The van der Waals surface area contributed by atoms with Crippen molar-refractivity contribution in [2.24, 2.45) is 0 Å². The zero-order chi connectivity index (χ0) is 13.2. The highest BCUT2D eigenvalue weighted by Gasteiger charge is 2.37. The van der Waals surface area contributed by atoms with Crippen LogP contribution >= 0.6 is 11.6 Å². The summed E-state index contributed by atoms with van der Waals surface area (Å²) in [5, 5.41) is 9.96.